The van der Waals surface area contributed by atoms with Crippen LogP contribution in [-0.4, -0.2) is 29.1 Å². The topological polar surface area (TPSA) is 75.6 Å². The summed E-state index contributed by atoms with van der Waals surface area (Å²) in [6.07, 6.45) is 8.59. The Balaban J connectivity index is 1.46. The molecule has 2 aliphatic rings. The molecule has 2 saturated carbocycles. The van der Waals surface area contributed by atoms with Gasteiger partial charge in [0.1, 0.15) is 11.8 Å². The number of ether oxygens (including phenoxy) is 1. The van der Waals surface area contributed by atoms with E-state index in [2.05, 4.69) is 5.32 Å². The standard InChI is InChI=1S/C20H27NO4/c22-19(21-18(20(23)24)13-15-8-9-15)11-10-14-4-3-7-17(12-14)25-16-5-1-2-6-16/h3-4,7,12,15-16,18H,1-2,5-6,8-11,13H2,(H,21,22)(H,23,24). The zero-order chi connectivity index (χ0) is 17.6. The van der Waals surface area contributed by atoms with Gasteiger partial charge in [0.15, 0.2) is 0 Å². The van der Waals surface area contributed by atoms with Gasteiger partial charge in [-0.25, -0.2) is 4.79 Å². The largest absolute Gasteiger partial charge is 0.490 e. The molecule has 1 aromatic carbocycles. The van der Waals surface area contributed by atoms with Gasteiger partial charge >= 0.3 is 5.97 Å². The molecule has 0 radical (unpaired) electrons. The molecule has 5 heteroatoms. The molecule has 0 spiro atoms. The molecule has 0 saturated heterocycles. The van der Waals surface area contributed by atoms with Gasteiger partial charge in [0.25, 0.3) is 0 Å². The van der Waals surface area contributed by atoms with Gasteiger partial charge in [0.2, 0.25) is 5.91 Å². The number of nitrogens with one attached hydrogen (secondary N) is 1. The van der Waals surface area contributed by atoms with Crippen molar-refractivity contribution in [1.29, 1.82) is 0 Å². The zero-order valence-electron chi connectivity index (χ0n) is 14.6. The van der Waals surface area contributed by atoms with Gasteiger partial charge in [-0.1, -0.05) is 25.0 Å². The van der Waals surface area contributed by atoms with Crippen LogP contribution in [0.3, 0.4) is 0 Å². The molecule has 5 nitrogen and oxygen atoms in total. The van der Waals surface area contributed by atoms with Crippen molar-refractivity contribution >= 4 is 11.9 Å². The molecule has 1 amide bonds. The monoisotopic (exact) mass is 345 g/mol. The fourth-order valence-corrected chi connectivity index (χ4v) is 3.41. The van der Waals surface area contributed by atoms with E-state index in [1.807, 2.05) is 24.3 Å². The summed E-state index contributed by atoms with van der Waals surface area (Å²) < 4.78 is 5.99. The predicted octanol–water partition coefficient (Wildman–Crippen LogP) is 3.31. The van der Waals surface area contributed by atoms with Crippen LogP contribution in [0.5, 0.6) is 5.75 Å². The normalized spacial score (nSPS) is 18.7. The lowest BCUT2D eigenvalue weighted by atomic mass is 10.1. The third-order valence-electron chi connectivity index (χ3n) is 5.04. The number of hydrogen-bond acceptors (Lipinski definition) is 3. The summed E-state index contributed by atoms with van der Waals surface area (Å²) in [5, 5.41) is 11.9. The number of benzene rings is 1. The molecule has 2 fully saturated rings. The Hall–Kier alpha value is -2.04. The number of aliphatic carboxylic acids is 1. The van der Waals surface area contributed by atoms with Crippen LogP contribution in [0.2, 0.25) is 0 Å². The summed E-state index contributed by atoms with van der Waals surface area (Å²) in [6.45, 7) is 0. The molecule has 1 unspecified atom stereocenters. The lowest BCUT2D eigenvalue weighted by Crippen LogP contribution is -2.41. The van der Waals surface area contributed by atoms with Crippen LogP contribution in [0.15, 0.2) is 24.3 Å². The van der Waals surface area contributed by atoms with E-state index in [1.165, 1.54) is 12.8 Å². The highest BCUT2D eigenvalue weighted by molar-refractivity contribution is 5.83. The first-order valence-corrected chi connectivity index (χ1v) is 9.38. The van der Waals surface area contributed by atoms with Crippen molar-refractivity contribution in [2.75, 3.05) is 0 Å². The van der Waals surface area contributed by atoms with Crippen LogP contribution in [0.25, 0.3) is 0 Å². The Labute approximate surface area is 148 Å². The predicted molar refractivity (Wildman–Crippen MR) is 94.6 cm³/mol. The van der Waals surface area contributed by atoms with Crippen molar-refractivity contribution in [1.82, 2.24) is 5.32 Å². The SMILES string of the molecule is O=C(CCc1cccc(OC2CCCC2)c1)NC(CC1CC1)C(=O)O. The third kappa shape index (κ3) is 5.76. The van der Waals surface area contributed by atoms with Crippen molar-refractivity contribution in [3.8, 4) is 5.75 Å². The molecular weight excluding hydrogens is 318 g/mol. The second kappa shape index (κ2) is 8.37. The molecule has 1 atom stereocenters. The lowest BCUT2D eigenvalue weighted by molar-refractivity contribution is -0.142. The molecule has 1 aromatic rings. The summed E-state index contributed by atoms with van der Waals surface area (Å²) in [5.74, 6) is 0.190. The van der Waals surface area contributed by atoms with E-state index in [-0.39, 0.29) is 5.91 Å². The van der Waals surface area contributed by atoms with Gasteiger partial charge < -0.3 is 15.2 Å². The maximum absolute atomic E-state index is 12.1. The van der Waals surface area contributed by atoms with Gasteiger partial charge in [-0.05, 0) is 62.1 Å². The molecule has 0 bridgehead atoms. The van der Waals surface area contributed by atoms with Crippen molar-refractivity contribution in [3.63, 3.8) is 0 Å². The van der Waals surface area contributed by atoms with Gasteiger partial charge in [-0.2, -0.15) is 0 Å². The number of carbonyl (C=O) groups is 2. The quantitative estimate of drug-likeness (QED) is 0.720. The highest BCUT2D eigenvalue weighted by Crippen LogP contribution is 2.33. The molecule has 0 aliphatic heterocycles. The van der Waals surface area contributed by atoms with E-state index in [0.717, 1.165) is 37.0 Å². The van der Waals surface area contributed by atoms with Crippen LogP contribution in [0.1, 0.15) is 56.9 Å². The number of rotatable bonds is 9. The van der Waals surface area contributed by atoms with E-state index in [1.54, 1.807) is 0 Å². The van der Waals surface area contributed by atoms with Gasteiger partial charge in [0, 0.05) is 6.42 Å². The Morgan fingerprint density at radius 3 is 2.64 bits per heavy atom. The summed E-state index contributed by atoms with van der Waals surface area (Å²) in [7, 11) is 0. The number of amides is 1. The lowest BCUT2D eigenvalue weighted by Gasteiger charge is -2.15. The van der Waals surface area contributed by atoms with Crippen molar-refractivity contribution in [2.24, 2.45) is 5.92 Å². The zero-order valence-corrected chi connectivity index (χ0v) is 14.6. The first-order valence-electron chi connectivity index (χ1n) is 9.38. The number of hydrogen-bond donors (Lipinski definition) is 2. The number of aryl methyl sites for hydroxylation is 1. The van der Waals surface area contributed by atoms with Crippen LogP contribution in [0, 0.1) is 5.92 Å². The molecule has 0 aromatic heterocycles. The van der Waals surface area contributed by atoms with E-state index in [9.17, 15) is 14.7 Å². The smallest absolute Gasteiger partial charge is 0.326 e. The van der Waals surface area contributed by atoms with Crippen LogP contribution in [-0.2, 0) is 16.0 Å². The third-order valence-corrected chi connectivity index (χ3v) is 5.04. The maximum Gasteiger partial charge on any atom is 0.326 e. The Kier molecular flexibility index (Phi) is 5.95. The molecule has 136 valence electrons. The Bertz CT molecular complexity index is 605. The van der Waals surface area contributed by atoms with Gasteiger partial charge in [-0.3, -0.25) is 4.79 Å². The summed E-state index contributed by atoms with van der Waals surface area (Å²) in [6, 6.07) is 7.12. The summed E-state index contributed by atoms with van der Waals surface area (Å²) in [4.78, 5) is 23.3. The van der Waals surface area contributed by atoms with Crippen LogP contribution < -0.4 is 10.1 Å². The summed E-state index contributed by atoms with van der Waals surface area (Å²) >= 11 is 0. The number of carboxylic acids is 1. The maximum atomic E-state index is 12.1. The van der Waals surface area contributed by atoms with E-state index in [4.69, 9.17) is 4.74 Å². The van der Waals surface area contributed by atoms with Gasteiger partial charge in [0.05, 0.1) is 6.10 Å². The van der Waals surface area contributed by atoms with E-state index < -0.39 is 12.0 Å². The Morgan fingerprint density at radius 1 is 1.20 bits per heavy atom. The Morgan fingerprint density at radius 2 is 1.96 bits per heavy atom. The van der Waals surface area contributed by atoms with E-state index in [0.29, 0.717) is 31.3 Å². The molecule has 2 N–H and O–H groups in total. The minimum atomic E-state index is -0.938. The fourth-order valence-electron chi connectivity index (χ4n) is 3.41. The fraction of sp³-hybridized carbons (Fsp3) is 0.600. The number of carboxylic acid groups (broad SMARTS) is 1. The second-order valence-electron chi connectivity index (χ2n) is 7.31. The van der Waals surface area contributed by atoms with Crippen molar-refractivity contribution in [3.05, 3.63) is 29.8 Å². The minimum Gasteiger partial charge on any atom is -0.490 e. The molecule has 0 heterocycles. The van der Waals surface area contributed by atoms with Crippen molar-refractivity contribution < 1.29 is 19.4 Å². The average molecular weight is 345 g/mol. The van der Waals surface area contributed by atoms with Crippen LogP contribution >= 0.6 is 0 Å². The molecule has 2 aliphatic carbocycles. The van der Waals surface area contributed by atoms with Crippen molar-refractivity contribution in [2.45, 2.75) is 69.9 Å². The minimum absolute atomic E-state index is 0.199. The second-order valence-corrected chi connectivity index (χ2v) is 7.31. The van der Waals surface area contributed by atoms with Gasteiger partial charge in [-0.15, -0.1) is 0 Å². The average Bonchev–Trinajstić information content (AvgIpc) is 3.26. The highest BCUT2D eigenvalue weighted by atomic mass is 16.5. The highest BCUT2D eigenvalue weighted by Gasteiger charge is 2.30. The first-order chi connectivity index (χ1) is 12.1. The molecule has 25 heavy (non-hydrogen) atoms. The van der Waals surface area contributed by atoms with E-state index >= 15 is 0 Å². The number of carbonyl (C=O) groups excluding carboxylic acids is 1. The molecular formula is C20H27NO4. The molecule has 3 rings (SSSR count). The van der Waals surface area contributed by atoms with Crippen LogP contribution in [0.4, 0.5) is 0 Å². The first kappa shape index (κ1) is 17.8. The summed E-state index contributed by atoms with van der Waals surface area (Å²) in [5.41, 5.74) is 1.04.